The molecule has 0 saturated heterocycles. The molecule has 9 nitrogen and oxygen atoms in total. The van der Waals surface area contributed by atoms with Crippen molar-refractivity contribution < 1.29 is 30.8 Å². The van der Waals surface area contributed by atoms with Gasteiger partial charge in [0.1, 0.15) is 16.4 Å². The second kappa shape index (κ2) is 10.4. The Hall–Kier alpha value is -4.17. The van der Waals surface area contributed by atoms with E-state index >= 15 is 0 Å². The zero-order valence-corrected chi connectivity index (χ0v) is 24.9. The molecule has 0 N–H and O–H groups in total. The normalized spacial score (nSPS) is 21.7. The molecule has 3 aliphatic carbocycles. The number of nitrogens with zero attached hydrogens (tertiary/aromatic N) is 6. The van der Waals surface area contributed by atoms with Gasteiger partial charge in [-0.15, -0.1) is 0 Å². The number of sulfonamides is 1. The Balaban J connectivity index is 1.31. The fourth-order valence-electron chi connectivity index (χ4n) is 6.70. The third-order valence-corrected chi connectivity index (χ3v) is 10.9. The van der Waals surface area contributed by atoms with Gasteiger partial charge in [0.05, 0.1) is 34.8 Å². The van der Waals surface area contributed by atoms with Gasteiger partial charge in [-0.3, -0.25) is 14.5 Å². The van der Waals surface area contributed by atoms with Gasteiger partial charge in [0.2, 0.25) is 10.0 Å². The van der Waals surface area contributed by atoms with Gasteiger partial charge in [0, 0.05) is 31.5 Å². The second-order valence-corrected chi connectivity index (χ2v) is 13.8. The van der Waals surface area contributed by atoms with Gasteiger partial charge in [-0.05, 0) is 86.6 Å². The zero-order chi connectivity index (χ0) is 31.7. The number of carbonyl (C=O) groups excluding carboxylic acids is 1. The van der Waals surface area contributed by atoms with E-state index in [1.54, 1.807) is 30.1 Å². The van der Waals surface area contributed by atoms with Crippen LogP contribution in [0.15, 0.2) is 71.7 Å². The first-order chi connectivity index (χ1) is 21.4. The molecule has 0 aliphatic heterocycles. The van der Waals surface area contributed by atoms with E-state index in [2.05, 4.69) is 15.2 Å². The predicted molar refractivity (Wildman–Crippen MR) is 154 cm³/mol. The van der Waals surface area contributed by atoms with E-state index < -0.39 is 44.8 Å². The molecule has 0 bridgehead atoms. The first-order valence-corrected chi connectivity index (χ1v) is 15.9. The largest absolute Gasteiger partial charge is 0.417 e. The lowest BCUT2D eigenvalue weighted by Gasteiger charge is -2.46. The van der Waals surface area contributed by atoms with E-state index in [1.165, 1.54) is 33.5 Å². The summed E-state index contributed by atoms with van der Waals surface area (Å²) in [6, 6.07) is 6.98. The average Bonchev–Trinajstić information content (AvgIpc) is 3.59. The van der Waals surface area contributed by atoms with E-state index in [9.17, 15) is 30.8 Å². The molecule has 0 amide bonds. The number of rotatable bonds is 7. The van der Waals surface area contributed by atoms with E-state index in [0.717, 1.165) is 17.7 Å². The van der Waals surface area contributed by atoms with Gasteiger partial charge in [-0.25, -0.2) is 17.5 Å². The second-order valence-electron chi connectivity index (χ2n) is 11.9. The van der Waals surface area contributed by atoms with Crippen molar-refractivity contribution in [1.82, 2.24) is 28.9 Å². The minimum absolute atomic E-state index is 0.0644. The molecule has 2 fully saturated rings. The maximum Gasteiger partial charge on any atom is 0.417 e. The van der Waals surface area contributed by atoms with Gasteiger partial charge in [0.15, 0.2) is 5.78 Å². The number of benzene rings is 1. The molecule has 4 aromatic rings. The molecule has 0 spiro atoms. The lowest BCUT2D eigenvalue weighted by atomic mass is 9.60. The van der Waals surface area contributed by atoms with Crippen LogP contribution in [0.4, 0.5) is 17.6 Å². The van der Waals surface area contributed by atoms with Crippen molar-refractivity contribution in [3.63, 3.8) is 0 Å². The number of aromatic nitrogens is 5. The minimum atomic E-state index is -4.62. The fraction of sp³-hybridized carbons (Fsp3) is 0.355. The molecular formula is C31H28F4N6O3S. The summed E-state index contributed by atoms with van der Waals surface area (Å²) in [6.45, 7) is 0. The third-order valence-electron chi connectivity index (χ3n) is 8.99. The average molecular weight is 641 g/mol. The summed E-state index contributed by atoms with van der Waals surface area (Å²) in [5.41, 5.74) is 0.403. The number of halogens is 4. The van der Waals surface area contributed by atoms with Crippen LogP contribution in [0.1, 0.15) is 59.4 Å². The maximum absolute atomic E-state index is 14.5. The van der Waals surface area contributed by atoms with Crippen LogP contribution < -0.4 is 0 Å². The monoisotopic (exact) mass is 640 g/mol. The minimum Gasteiger partial charge on any atom is -0.291 e. The molecular weight excluding hydrogens is 612 g/mol. The Bertz CT molecular complexity index is 1930. The Morgan fingerprint density at radius 1 is 1.00 bits per heavy atom. The van der Waals surface area contributed by atoms with Crippen LogP contribution in [0.5, 0.6) is 0 Å². The number of alkyl halides is 3. The summed E-state index contributed by atoms with van der Waals surface area (Å²) >= 11 is 0. The molecule has 1 aromatic carbocycles. The van der Waals surface area contributed by atoms with Crippen molar-refractivity contribution in [3.05, 3.63) is 95.1 Å². The number of fused-ring (bicyclic) bond motifs is 2. The number of hydrogen-bond acceptors (Lipinski definition) is 6. The highest BCUT2D eigenvalue weighted by molar-refractivity contribution is 7.89. The molecule has 0 unspecified atom stereocenters. The predicted octanol–water partition coefficient (Wildman–Crippen LogP) is 5.37. The standard InChI is InChI=1S/C31H28F4N6O3S/c1-39-18-26(17-37-39)45(43,44)41(24-9-10-24)25-6-2-20-12-28-19(15-38-40(28)23-7-4-22(32)5-8-23)13-30(20,14-25)29(42)27-11-3-21(16-36-27)31(33,34)35/h3-5,7-8,11-12,15-18,24-25H,2,6,9-10,13-14H2,1H3/t25-,30-/m0/s1. The van der Waals surface area contributed by atoms with Gasteiger partial charge >= 0.3 is 6.18 Å². The van der Waals surface area contributed by atoms with Crippen molar-refractivity contribution in [2.24, 2.45) is 12.5 Å². The summed E-state index contributed by atoms with van der Waals surface area (Å²) in [5, 5.41) is 8.56. The highest BCUT2D eigenvalue weighted by Gasteiger charge is 2.54. The number of Topliss-reactive ketones (excluding diaryl/α,β-unsaturated/α-hetero) is 1. The van der Waals surface area contributed by atoms with Crippen LogP contribution in [0.25, 0.3) is 11.8 Å². The van der Waals surface area contributed by atoms with Crippen molar-refractivity contribution in [2.45, 2.75) is 61.7 Å². The van der Waals surface area contributed by atoms with E-state index in [4.69, 9.17) is 0 Å². The molecule has 234 valence electrons. The summed E-state index contributed by atoms with van der Waals surface area (Å²) in [4.78, 5) is 18.5. The van der Waals surface area contributed by atoms with Gasteiger partial charge in [-0.1, -0.05) is 5.57 Å². The number of ketones is 1. The maximum atomic E-state index is 14.5. The Labute approximate surface area is 256 Å². The van der Waals surface area contributed by atoms with Crippen molar-refractivity contribution in [1.29, 1.82) is 0 Å². The molecule has 3 aromatic heterocycles. The molecule has 7 rings (SSSR count). The Morgan fingerprint density at radius 3 is 2.38 bits per heavy atom. The van der Waals surface area contributed by atoms with Crippen LogP contribution in [0, 0.1) is 11.2 Å². The molecule has 0 radical (unpaired) electrons. The summed E-state index contributed by atoms with van der Waals surface area (Å²) < 4.78 is 86.1. The van der Waals surface area contributed by atoms with Crippen molar-refractivity contribution in [3.8, 4) is 5.69 Å². The van der Waals surface area contributed by atoms with E-state index in [0.29, 0.717) is 48.8 Å². The Morgan fingerprint density at radius 2 is 1.76 bits per heavy atom. The smallest absolute Gasteiger partial charge is 0.291 e. The first-order valence-electron chi connectivity index (χ1n) is 14.5. The number of hydrogen-bond donors (Lipinski definition) is 0. The zero-order valence-electron chi connectivity index (χ0n) is 24.1. The molecule has 14 heteroatoms. The van der Waals surface area contributed by atoms with Gasteiger partial charge < -0.3 is 0 Å². The lowest BCUT2D eigenvalue weighted by Crippen LogP contribution is -2.51. The molecule has 2 saturated carbocycles. The van der Waals surface area contributed by atoms with Crippen LogP contribution in [0.2, 0.25) is 0 Å². The Kier molecular flexibility index (Phi) is 6.85. The number of allylic oxidation sites excluding steroid dienone is 1. The molecule has 2 atom stereocenters. The van der Waals surface area contributed by atoms with E-state index in [1.807, 2.05) is 6.08 Å². The number of aryl methyl sites for hydroxylation is 1. The van der Waals surface area contributed by atoms with Crippen molar-refractivity contribution >= 4 is 21.9 Å². The van der Waals surface area contributed by atoms with Crippen LogP contribution in [0.3, 0.4) is 0 Å². The van der Waals surface area contributed by atoms with Crippen LogP contribution >= 0.6 is 0 Å². The summed E-state index contributed by atoms with van der Waals surface area (Å²) in [5.74, 6) is -0.867. The first kappa shape index (κ1) is 29.5. The summed E-state index contributed by atoms with van der Waals surface area (Å²) in [6.07, 6.45) is 4.74. The highest BCUT2D eigenvalue weighted by Crippen LogP contribution is 2.52. The van der Waals surface area contributed by atoms with Crippen molar-refractivity contribution in [2.75, 3.05) is 0 Å². The number of pyridine rings is 1. The summed E-state index contributed by atoms with van der Waals surface area (Å²) in [7, 11) is -2.32. The quantitative estimate of drug-likeness (QED) is 0.199. The molecule has 3 heterocycles. The number of carbonyl (C=O) groups is 1. The third kappa shape index (κ3) is 5.09. The lowest BCUT2D eigenvalue weighted by molar-refractivity contribution is -0.137. The van der Waals surface area contributed by atoms with E-state index in [-0.39, 0.29) is 29.5 Å². The fourth-order valence-corrected chi connectivity index (χ4v) is 8.59. The molecule has 45 heavy (non-hydrogen) atoms. The van der Waals surface area contributed by atoms with Gasteiger partial charge in [0.25, 0.3) is 0 Å². The van der Waals surface area contributed by atoms with Crippen LogP contribution in [-0.2, 0) is 29.7 Å². The SMILES string of the molecule is Cn1cc(S(=O)(=O)N(C2CC2)[C@H]2CCC3=Cc4c(cnn4-c4ccc(F)cc4)C[C@]3(C(=O)c3ccc(C(F)(F)F)cn3)C2)cn1. The highest BCUT2D eigenvalue weighted by atomic mass is 32.2. The molecule has 3 aliphatic rings. The van der Waals surface area contributed by atoms with Crippen LogP contribution in [-0.4, -0.2) is 55.1 Å². The topological polar surface area (TPSA) is 103 Å². The van der Waals surface area contributed by atoms with Gasteiger partial charge in [-0.2, -0.15) is 27.7 Å².